The van der Waals surface area contributed by atoms with E-state index < -0.39 is 5.54 Å². The molecule has 24 heavy (non-hydrogen) atoms. The van der Waals surface area contributed by atoms with Crippen LogP contribution in [0.5, 0.6) is 0 Å². The van der Waals surface area contributed by atoms with Gasteiger partial charge in [0.05, 0.1) is 11.6 Å². The lowest BCUT2D eigenvalue weighted by molar-refractivity contribution is -0.170. The number of benzene rings is 1. The molecule has 1 heterocycles. The molecule has 1 aromatic heterocycles. The number of amides is 1. The topological polar surface area (TPSA) is 77.2 Å². The van der Waals surface area contributed by atoms with Gasteiger partial charge in [0.15, 0.2) is 0 Å². The Morgan fingerprint density at radius 3 is 2.83 bits per heavy atom. The van der Waals surface area contributed by atoms with Gasteiger partial charge in [-0.2, -0.15) is 0 Å². The predicted molar refractivity (Wildman–Crippen MR) is 94.3 cm³/mol. The molecule has 3 rings (SSSR count). The molecule has 2 atom stereocenters. The highest BCUT2D eigenvalue weighted by Crippen LogP contribution is 2.49. The summed E-state index contributed by atoms with van der Waals surface area (Å²) in [4.78, 5) is 17.1. The Morgan fingerprint density at radius 2 is 2.12 bits per heavy atom. The normalized spacial score (nSPS) is 25.2. The molecule has 5 heteroatoms. The molecule has 1 amide bonds. The third-order valence-electron chi connectivity index (χ3n) is 5.39. The Balaban J connectivity index is 1.72. The van der Waals surface area contributed by atoms with Crippen LogP contribution in [0.2, 0.25) is 0 Å². The van der Waals surface area contributed by atoms with E-state index in [0.717, 1.165) is 16.5 Å². The van der Waals surface area contributed by atoms with Crippen LogP contribution in [0.4, 0.5) is 0 Å². The van der Waals surface area contributed by atoms with Crippen LogP contribution < -0.4 is 11.1 Å². The summed E-state index contributed by atoms with van der Waals surface area (Å²) in [5.41, 5.74) is 7.03. The molecule has 2 unspecified atom stereocenters. The number of carbonyl (C=O) groups is 1. The molecule has 1 aliphatic carbocycles. The van der Waals surface area contributed by atoms with Crippen molar-refractivity contribution in [2.75, 3.05) is 6.61 Å². The summed E-state index contributed by atoms with van der Waals surface area (Å²) in [6.45, 7) is 7.00. The first kappa shape index (κ1) is 16.9. The smallest absolute Gasteiger partial charge is 0.241 e. The number of fused-ring (bicyclic) bond motifs is 1. The largest absolute Gasteiger partial charge is 0.378 e. The maximum atomic E-state index is 12.7. The van der Waals surface area contributed by atoms with E-state index in [2.05, 4.69) is 10.3 Å². The van der Waals surface area contributed by atoms with Gasteiger partial charge < -0.3 is 15.8 Å². The van der Waals surface area contributed by atoms with E-state index in [-0.39, 0.29) is 17.4 Å². The van der Waals surface area contributed by atoms with Gasteiger partial charge in [-0.25, -0.2) is 0 Å². The fourth-order valence-electron chi connectivity index (χ4n) is 3.46. The molecule has 0 saturated heterocycles. The highest BCUT2D eigenvalue weighted by atomic mass is 16.5. The van der Waals surface area contributed by atoms with E-state index in [1.54, 1.807) is 6.20 Å². The van der Waals surface area contributed by atoms with Crippen molar-refractivity contribution < 1.29 is 9.53 Å². The van der Waals surface area contributed by atoms with Gasteiger partial charge in [0.2, 0.25) is 5.91 Å². The van der Waals surface area contributed by atoms with Crippen molar-refractivity contribution in [2.45, 2.75) is 45.4 Å². The predicted octanol–water partition coefficient (Wildman–Crippen LogP) is 2.38. The first-order chi connectivity index (χ1) is 11.4. The molecule has 128 valence electrons. The van der Waals surface area contributed by atoms with Gasteiger partial charge in [-0.05, 0) is 18.6 Å². The summed E-state index contributed by atoms with van der Waals surface area (Å²) in [5, 5.41) is 4.05. The molecule has 2 aromatic rings. The summed E-state index contributed by atoms with van der Waals surface area (Å²) >= 11 is 0. The van der Waals surface area contributed by atoms with Gasteiger partial charge in [0, 0.05) is 36.6 Å². The van der Waals surface area contributed by atoms with E-state index in [1.807, 2.05) is 51.1 Å². The minimum atomic E-state index is -0.898. The lowest BCUT2D eigenvalue weighted by Crippen LogP contribution is -2.75. The number of pyridine rings is 1. The Morgan fingerprint density at radius 1 is 1.38 bits per heavy atom. The fraction of sp³-hybridized carbons (Fsp3) is 0.474. The molecule has 5 nitrogen and oxygen atoms in total. The Kier molecular flexibility index (Phi) is 4.32. The van der Waals surface area contributed by atoms with E-state index in [0.29, 0.717) is 19.6 Å². The molecule has 0 spiro atoms. The van der Waals surface area contributed by atoms with Gasteiger partial charge in [-0.15, -0.1) is 0 Å². The third-order valence-corrected chi connectivity index (χ3v) is 5.39. The highest BCUT2D eigenvalue weighted by Gasteiger charge is 2.62. The SMILES string of the molecule is CCOC1CC(N)(C(=O)NCc2cccc3cccnc23)C1(C)C. The number of carbonyl (C=O) groups excluding carboxylic acids is 1. The van der Waals surface area contributed by atoms with E-state index >= 15 is 0 Å². The highest BCUT2D eigenvalue weighted by molar-refractivity contribution is 5.89. The molecular weight excluding hydrogens is 302 g/mol. The number of nitrogens with two attached hydrogens (primary N) is 1. The van der Waals surface area contributed by atoms with Gasteiger partial charge in [-0.1, -0.05) is 38.1 Å². The Labute approximate surface area is 142 Å². The summed E-state index contributed by atoms with van der Waals surface area (Å²) in [7, 11) is 0. The second-order valence-corrected chi connectivity index (χ2v) is 7.02. The van der Waals surface area contributed by atoms with Crippen molar-refractivity contribution in [2.24, 2.45) is 11.1 Å². The summed E-state index contributed by atoms with van der Waals surface area (Å²) in [5.74, 6) is -0.128. The second kappa shape index (κ2) is 6.15. The molecule has 1 aliphatic rings. The summed E-state index contributed by atoms with van der Waals surface area (Å²) in [6, 6.07) is 9.89. The monoisotopic (exact) mass is 327 g/mol. The average molecular weight is 327 g/mol. The Bertz CT molecular complexity index is 754. The van der Waals surface area contributed by atoms with Crippen LogP contribution >= 0.6 is 0 Å². The zero-order valence-corrected chi connectivity index (χ0v) is 14.5. The summed E-state index contributed by atoms with van der Waals surface area (Å²) in [6.07, 6.45) is 2.34. The maximum Gasteiger partial charge on any atom is 0.241 e. The Hall–Kier alpha value is -1.98. The van der Waals surface area contributed by atoms with Crippen molar-refractivity contribution in [1.82, 2.24) is 10.3 Å². The quantitative estimate of drug-likeness (QED) is 0.884. The zero-order chi connectivity index (χ0) is 17.4. The van der Waals surface area contributed by atoms with Crippen molar-refractivity contribution in [3.63, 3.8) is 0 Å². The average Bonchev–Trinajstić information content (AvgIpc) is 2.59. The van der Waals surface area contributed by atoms with Crippen LogP contribution in [0.25, 0.3) is 10.9 Å². The van der Waals surface area contributed by atoms with Crippen LogP contribution in [0, 0.1) is 5.41 Å². The molecule has 0 aliphatic heterocycles. The number of rotatable bonds is 5. The van der Waals surface area contributed by atoms with E-state index in [9.17, 15) is 4.79 Å². The van der Waals surface area contributed by atoms with Crippen LogP contribution in [-0.2, 0) is 16.1 Å². The van der Waals surface area contributed by atoms with Crippen molar-refractivity contribution in [3.8, 4) is 0 Å². The molecule has 1 fully saturated rings. The number of ether oxygens (including phenoxy) is 1. The second-order valence-electron chi connectivity index (χ2n) is 7.02. The van der Waals surface area contributed by atoms with Crippen LogP contribution in [0.1, 0.15) is 32.8 Å². The fourth-order valence-corrected chi connectivity index (χ4v) is 3.46. The standard InChI is InChI=1S/C19H25N3O2/c1-4-24-15-11-19(20,18(15,2)3)17(23)22-12-14-8-5-7-13-9-6-10-21-16(13)14/h5-10,15H,4,11-12,20H2,1-3H3,(H,22,23). The number of para-hydroxylation sites is 1. The van der Waals surface area contributed by atoms with Crippen LogP contribution in [0.15, 0.2) is 36.5 Å². The number of nitrogens with one attached hydrogen (secondary N) is 1. The first-order valence-corrected chi connectivity index (χ1v) is 8.41. The third kappa shape index (κ3) is 2.58. The lowest BCUT2D eigenvalue weighted by Gasteiger charge is -2.57. The lowest BCUT2D eigenvalue weighted by atomic mass is 9.54. The number of nitrogens with zero attached hydrogens (tertiary/aromatic N) is 1. The van der Waals surface area contributed by atoms with E-state index in [1.165, 1.54) is 0 Å². The zero-order valence-electron chi connectivity index (χ0n) is 14.5. The van der Waals surface area contributed by atoms with Crippen molar-refractivity contribution in [3.05, 3.63) is 42.1 Å². The molecule has 0 radical (unpaired) electrons. The summed E-state index contributed by atoms with van der Waals surface area (Å²) < 4.78 is 5.69. The van der Waals surface area contributed by atoms with Gasteiger partial charge in [0.1, 0.15) is 5.54 Å². The molecule has 3 N–H and O–H groups in total. The minimum absolute atomic E-state index is 0.0254. The van der Waals surface area contributed by atoms with Gasteiger partial charge in [-0.3, -0.25) is 9.78 Å². The molecule has 0 bridgehead atoms. The number of hydrogen-bond donors (Lipinski definition) is 2. The van der Waals surface area contributed by atoms with Crippen LogP contribution in [-0.4, -0.2) is 29.1 Å². The van der Waals surface area contributed by atoms with E-state index in [4.69, 9.17) is 10.5 Å². The molecule has 1 aromatic carbocycles. The van der Waals surface area contributed by atoms with Crippen molar-refractivity contribution >= 4 is 16.8 Å². The first-order valence-electron chi connectivity index (χ1n) is 8.41. The van der Waals surface area contributed by atoms with Gasteiger partial charge >= 0.3 is 0 Å². The number of hydrogen-bond acceptors (Lipinski definition) is 4. The van der Waals surface area contributed by atoms with Crippen molar-refractivity contribution in [1.29, 1.82) is 0 Å². The maximum absolute atomic E-state index is 12.7. The van der Waals surface area contributed by atoms with Crippen LogP contribution in [0.3, 0.4) is 0 Å². The minimum Gasteiger partial charge on any atom is -0.378 e. The van der Waals surface area contributed by atoms with Gasteiger partial charge in [0.25, 0.3) is 0 Å². The number of aromatic nitrogens is 1. The molecular formula is C19H25N3O2. The molecule has 1 saturated carbocycles.